The van der Waals surface area contributed by atoms with Gasteiger partial charge in [-0.3, -0.25) is 14.7 Å². The topological polar surface area (TPSA) is 93.4 Å². The molecule has 8 nitrogen and oxygen atoms in total. The Hall–Kier alpha value is -3.95. The number of pyridine rings is 1. The number of amides is 1. The second-order valence-corrected chi connectivity index (χ2v) is 8.19. The van der Waals surface area contributed by atoms with Crippen LogP contribution in [0.5, 0.6) is 0 Å². The SMILES string of the molecule is O=C(NCc1ccccc1-c1nc(CN2CCOCC2)no1)c1ccc(-c2cccc(F)c2)nc1. The zero-order valence-electron chi connectivity index (χ0n) is 19.0. The third-order valence-corrected chi connectivity index (χ3v) is 5.77. The molecule has 4 aromatic rings. The van der Waals surface area contributed by atoms with E-state index < -0.39 is 0 Å². The molecule has 1 N–H and O–H groups in total. The number of nitrogens with one attached hydrogen (secondary N) is 1. The molecule has 0 saturated carbocycles. The first-order valence-electron chi connectivity index (χ1n) is 11.4. The Kier molecular flexibility index (Phi) is 6.87. The fourth-order valence-electron chi connectivity index (χ4n) is 3.89. The number of halogens is 1. The Morgan fingerprint density at radius 2 is 1.91 bits per heavy atom. The highest BCUT2D eigenvalue weighted by Gasteiger charge is 2.17. The maximum Gasteiger partial charge on any atom is 0.258 e. The molecule has 3 heterocycles. The van der Waals surface area contributed by atoms with Gasteiger partial charge in [-0.05, 0) is 35.9 Å². The average molecular weight is 474 g/mol. The molecular weight excluding hydrogens is 449 g/mol. The number of rotatable bonds is 7. The van der Waals surface area contributed by atoms with E-state index in [1.54, 1.807) is 24.3 Å². The third-order valence-electron chi connectivity index (χ3n) is 5.77. The van der Waals surface area contributed by atoms with Crippen molar-refractivity contribution in [1.29, 1.82) is 0 Å². The van der Waals surface area contributed by atoms with Gasteiger partial charge in [0.1, 0.15) is 5.82 Å². The third kappa shape index (κ3) is 5.59. The Balaban J connectivity index is 1.24. The fourth-order valence-corrected chi connectivity index (χ4v) is 3.89. The van der Waals surface area contributed by atoms with Crippen molar-refractivity contribution in [3.8, 4) is 22.7 Å². The van der Waals surface area contributed by atoms with Crippen molar-refractivity contribution in [3.63, 3.8) is 0 Å². The van der Waals surface area contributed by atoms with Crippen molar-refractivity contribution in [1.82, 2.24) is 25.3 Å². The van der Waals surface area contributed by atoms with Crippen LogP contribution in [0.4, 0.5) is 4.39 Å². The lowest BCUT2D eigenvalue weighted by Gasteiger charge is -2.24. The van der Waals surface area contributed by atoms with E-state index >= 15 is 0 Å². The minimum Gasteiger partial charge on any atom is -0.379 e. The normalized spacial score (nSPS) is 14.1. The zero-order chi connectivity index (χ0) is 24.0. The number of carbonyl (C=O) groups excluding carboxylic acids is 1. The van der Waals surface area contributed by atoms with Gasteiger partial charge in [-0.15, -0.1) is 0 Å². The summed E-state index contributed by atoms with van der Waals surface area (Å²) in [5.41, 5.74) is 3.28. The molecule has 9 heteroatoms. The van der Waals surface area contributed by atoms with Gasteiger partial charge in [0.2, 0.25) is 0 Å². The van der Waals surface area contributed by atoms with Gasteiger partial charge >= 0.3 is 0 Å². The van der Waals surface area contributed by atoms with Crippen molar-refractivity contribution in [2.75, 3.05) is 26.3 Å². The minimum atomic E-state index is -0.334. The molecule has 35 heavy (non-hydrogen) atoms. The van der Waals surface area contributed by atoms with E-state index in [0.717, 1.165) is 24.2 Å². The van der Waals surface area contributed by atoms with Crippen LogP contribution < -0.4 is 5.32 Å². The van der Waals surface area contributed by atoms with Gasteiger partial charge in [-0.2, -0.15) is 4.98 Å². The number of nitrogens with zero attached hydrogens (tertiary/aromatic N) is 4. The van der Waals surface area contributed by atoms with Gasteiger partial charge in [-0.25, -0.2) is 4.39 Å². The molecule has 0 atom stereocenters. The van der Waals surface area contributed by atoms with Crippen LogP contribution in [0.1, 0.15) is 21.7 Å². The molecule has 0 aliphatic carbocycles. The molecule has 0 unspecified atom stereocenters. The van der Waals surface area contributed by atoms with Gasteiger partial charge in [0.15, 0.2) is 5.82 Å². The summed E-state index contributed by atoms with van der Waals surface area (Å²) in [4.78, 5) is 23.8. The van der Waals surface area contributed by atoms with E-state index in [1.165, 1.54) is 18.3 Å². The van der Waals surface area contributed by atoms with Crippen LogP contribution in [0.25, 0.3) is 22.7 Å². The maximum absolute atomic E-state index is 13.5. The fraction of sp³-hybridized carbons (Fsp3) is 0.231. The van der Waals surface area contributed by atoms with Gasteiger partial charge < -0.3 is 14.6 Å². The first-order valence-corrected chi connectivity index (χ1v) is 11.4. The van der Waals surface area contributed by atoms with E-state index in [4.69, 9.17) is 9.26 Å². The Bertz CT molecular complexity index is 1300. The Morgan fingerprint density at radius 3 is 2.71 bits per heavy atom. The average Bonchev–Trinajstić information content (AvgIpc) is 3.36. The molecule has 2 aromatic heterocycles. The van der Waals surface area contributed by atoms with Gasteiger partial charge in [0.05, 0.1) is 31.0 Å². The molecule has 1 fully saturated rings. The number of morpholine rings is 1. The highest BCUT2D eigenvalue weighted by Crippen LogP contribution is 2.23. The molecule has 0 radical (unpaired) electrons. The molecular formula is C26H24FN5O3. The van der Waals surface area contributed by atoms with Crippen molar-refractivity contribution >= 4 is 5.91 Å². The van der Waals surface area contributed by atoms with Gasteiger partial charge in [0, 0.05) is 37.0 Å². The van der Waals surface area contributed by atoms with Crippen LogP contribution in [0.15, 0.2) is 71.4 Å². The minimum absolute atomic E-state index is 0.267. The standard InChI is InChI=1S/C26H24FN5O3/c27-21-6-3-5-18(14-21)23-9-8-20(16-28-23)25(33)29-15-19-4-1-2-7-22(19)26-30-24(31-35-26)17-32-10-12-34-13-11-32/h1-9,14,16H,10-13,15,17H2,(H,29,33). The van der Waals surface area contributed by atoms with E-state index in [0.29, 0.717) is 48.3 Å². The molecule has 0 bridgehead atoms. The summed E-state index contributed by atoms with van der Waals surface area (Å²) < 4.78 is 24.4. The largest absolute Gasteiger partial charge is 0.379 e. The van der Waals surface area contributed by atoms with E-state index in [1.807, 2.05) is 24.3 Å². The van der Waals surface area contributed by atoms with E-state index in [9.17, 15) is 9.18 Å². The summed E-state index contributed by atoms with van der Waals surface area (Å²) in [7, 11) is 0. The number of ether oxygens (including phenoxy) is 1. The second kappa shape index (κ2) is 10.5. The lowest BCUT2D eigenvalue weighted by molar-refractivity contribution is 0.0327. The van der Waals surface area contributed by atoms with Crippen LogP contribution in [-0.4, -0.2) is 52.2 Å². The quantitative estimate of drug-likeness (QED) is 0.437. The highest BCUT2D eigenvalue weighted by molar-refractivity contribution is 5.94. The summed E-state index contributed by atoms with van der Waals surface area (Å²) in [6.45, 7) is 3.97. The smallest absolute Gasteiger partial charge is 0.258 e. The van der Waals surface area contributed by atoms with Crippen LogP contribution in [0.2, 0.25) is 0 Å². The second-order valence-electron chi connectivity index (χ2n) is 8.19. The summed E-state index contributed by atoms with van der Waals surface area (Å²) >= 11 is 0. The zero-order valence-corrected chi connectivity index (χ0v) is 19.0. The molecule has 1 aliphatic heterocycles. The monoisotopic (exact) mass is 473 g/mol. The Morgan fingerprint density at radius 1 is 1.06 bits per heavy atom. The molecule has 1 saturated heterocycles. The number of hydrogen-bond donors (Lipinski definition) is 1. The number of carbonyl (C=O) groups is 1. The number of benzene rings is 2. The summed E-state index contributed by atoms with van der Waals surface area (Å²) in [6.07, 6.45) is 1.48. The first-order chi connectivity index (χ1) is 17.2. The lowest BCUT2D eigenvalue weighted by Crippen LogP contribution is -2.35. The molecule has 178 valence electrons. The maximum atomic E-state index is 13.5. The summed E-state index contributed by atoms with van der Waals surface area (Å²) in [5.74, 6) is 0.431. The van der Waals surface area contributed by atoms with Crippen LogP contribution >= 0.6 is 0 Å². The molecule has 1 aliphatic rings. The Labute approximate surface area is 201 Å². The number of aromatic nitrogens is 3. The van der Waals surface area contributed by atoms with Crippen LogP contribution in [-0.2, 0) is 17.8 Å². The first kappa shape index (κ1) is 22.8. The molecule has 5 rings (SSSR count). The predicted octanol–water partition coefficient (Wildman–Crippen LogP) is 3.70. The van der Waals surface area contributed by atoms with Gasteiger partial charge in [0.25, 0.3) is 11.8 Å². The van der Waals surface area contributed by atoms with Gasteiger partial charge in [-0.1, -0.05) is 35.5 Å². The van der Waals surface area contributed by atoms with Crippen molar-refractivity contribution in [2.24, 2.45) is 0 Å². The molecule has 1 amide bonds. The molecule has 0 spiro atoms. The van der Waals surface area contributed by atoms with Crippen molar-refractivity contribution in [2.45, 2.75) is 13.1 Å². The summed E-state index contributed by atoms with van der Waals surface area (Å²) in [5, 5.41) is 7.04. The van der Waals surface area contributed by atoms with Crippen LogP contribution in [0, 0.1) is 5.82 Å². The highest BCUT2D eigenvalue weighted by atomic mass is 19.1. The summed E-state index contributed by atoms with van der Waals surface area (Å²) in [6, 6.07) is 17.1. The van der Waals surface area contributed by atoms with E-state index in [-0.39, 0.29) is 18.3 Å². The van der Waals surface area contributed by atoms with Crippen LogP contribution in [0.3, 0.4) is 0 Å². The van der Waals surface area contributed by atoms with E-state index in [2.05, 4.69) is 25.3 Å². The predicted molar refractivity (Wildman–Crippen MR) is 127 cm³/mol. The molecule has 2 aromatic carbocycles. The van der Waals surface area contributed by atoms with Crippen molar-refractivity contribution < 1.29 is 18.4 Å². The lowest BCUT2D eigenvalue weighted by atomic mass is 10.1. The van der Waals surface area contributed by atoms with Crippen molar-refractivity contribution in [3.05, 3.63) is 89.6 Å². The number of hydrogen-bond acceptors (Lipinski definition) is 7.